The van der Waals surface area contributed by atoms with Crippen LogP contribution in [0.25, 0.3) is 10.2 Å². The number of hydrogen-bond acceptors (Lipinski definition) is 5. The Morgan fingerprint density at radius 1 is 1.14 bits per heavy atom. The number of fused-ring (bicyclic) bond motifs is 2. The highest BCUT2D eigenvalue weighted by atomic mass is 32.1. The first-order valence-electron chi connectivity index (χ1n) is 9.85. The lowest BCUT2D eigenvalue weighted by Gasteiger charge is -2.16. The Labute approximate surface area is 172 Å². The number of thiazole rings is 1. The van der Waals surface area contributed by atoms with Gasteiger partial charge in [0, 0.05) is 31.0 Å². The number of nitrogens with zero attached hydrogens (tertiary/aromatic N) is 4. The minimum Gasteiger partial charge on any atom is -0.349 e. The van der Waals surface area contributed by atoms with Crippen LogP contribution in [0.15, 0.2) is 54.0 Å². The fourth-order valence-corrected chi connectivity index (χ4v) is 4.53. The molecule has 5 rings (SSSR count). The molecule has 0 bridgehead atoms. The van der Waals surface area contributed by atoms with E-state index in [0.29, 0.717) is 5.56 Å². The minimum absolute atomic E-state index is 0.0351. The van der Waals surface area contributed by atoms with Gasteiger partial charge in [0.05, 0.1) is 15.7 Å². The molecule has 1 unspecified atom stereocenters. The van der Waals surface area contributed by atoms with E-state index >= 15 is 0 Å². The average molecular weight is 404 g/mol. The first kappa shape index (κ1) is 18.0. The van der Waals surface area contributed by atoms with Crippen molar-refractivity contribution in [1.82, 2.24) is 25.1 Å². The molecule has 1 aliphatic heterocycles. The molecule has 0 aliphatic carbocycles. The highest BCUT2D eigenvalue weighted by Crippen LogP contribution is 2.20. The molecule has 0 fully saturated rings. The lowest BCUT2D eigenvalue weighted by Crippen LogP contribution is -2.35. The molecule has 0 spiro atoms. The predicted molar refractivity (Wildman–Crippen MR) is 113 cm³/mol. The Kier molecular flexibility index (Phi) is 4.81. The van der Waals surface area contributed by atoms with Crippen molar-refractivity contribution in [3.63, 3.8) is 0 Å². The molecule has 2 aromatic carbocycles. The van der Waals surface area contributed by atoms with Gasteiger partial charge in [0.2, 0.25) is 0 Å². The van der Waals surface area contributed by atoms with E-state index in [9.17, 15) is 4.79 Å². The maximum Gasteiger partial charge on any atom is 0.251 e. The molecule has 29 heavy (non-hydrogen) atoms. The summed E-state index contributed by atoms with van der Waals surface area (Å²) in [6, 6.07) is 16.2. The maximum absolute atomic E-state index is 12.7. The Morgan fingerprint density at radius 3 is 2.93 bits per heavy atom. The number of carbonyl (C=O) groups excluding carboxylic acids is 1. The summed E-state index contributed by atoms with van der Waals surface area (Å²) in [6.45, 7) is 0.820. The van der Waals surface area contributed by atoms with Gasteiger partial charge < -0.3 is 9.88 Å². The van der Waals surface area contributed by atoms with Gasteiger partial charge in [-0.15, -0.1) is 21.5 Å². The second-order valence-electron chi connectivity index (χ2n) is 7.38. The molecule has 6 nitrogen and oxygen atoms in total. The van der Waals surface area contributed by atoms with Crippen LogP contribution < -0.4 is 5.32 Å². The summed E-state index contributed by atoms with van der Waals surface area (Å²) in [5.74, 6) is 1.97. The van der Waals surface area contributed by atoms with Gasteiger partial charge in [-0.3, -0.25) is 4.79 Å². The zero-order valence-electron chi connectivity index (χ0n) is 15.9. The third-order valence-electron chi connectivity index (χ3n) is 5.45. The maximum atomic E-state index is 12.7. The van der Waals surface area contributed by atoms with Gasteiger partial charge >= 0.3 is 0 Å². The van der Waals surface area contributed by atoms with Gasteiger partial charge in [-0.05, 0) is 36.6 Å². The number of hydrogen-bond donors (Lipinski definition) is 1. The van der Waals surface area contributed by atoms with Gasteiger partial charge in [-0.2, -0.15) is 0 Å². The van der Waals surface area contributed by atoms with E-state index in [2.05, 4.69) is 37.2 Å². The predicted octanol–water partition coefficient (Wildman–Crippen LogP) is 3.61. The lowest BCUT2D eigenvalue weighted by molar-refractivity contribution is 0.0933. The first-order valence-corrected chi connectivity index (χ1v) is 10.7. The van der Waals surface area contributed by atoms with Crippen molar-refractivity contribution >= 4 is 27.5 Å². The van der Waals surface area contributed by atoms with Crippen LogP contribution in [-0.2, 0) is 19.4 Å². The molecule has 1 N–H and O–H groups in total. The fourth-order valence-electron chi connectivity index (χ4n) is 3.87. The molecule has 146 valence electrons. The van der Waals surface area contributed by atoms with Crippen molar-refractivity contribution in [3.05, 3.63) is 76.8 Å². The van der Waals surface area contributed by atoms with Gasteiger partial charge in [-0.1, -0.05) is 30.3 Å². The van der Waals surface area contributed by atoms with Crippen LogP contribution >= 0.6 is 11.3 Å². The summed E-state index contributed by atoms with van der Waals surface area (Å²) < 4.78 is 3.32. The molecule has 4 aromatic rings. The summed E-state index contributed by atoms with van der Waals surface area (Å²) in [4.78, 5) is 17.0. The zero-order chi connectivity index (χ0) is 19.6. The number of amides is 1. The summed E-state index contributed by atoms with van der Waals surface area (Å²) in [5.41, 5.74) is 4.58. The largest absolute Gasteiger partial charge is 0.349 e. The van der Waals surface area contributed by atoms with Crippen LogP contribution in [0.5, 0.6) is 0 Å². The van der Waals surface area contributed by atoms with Crippen LogP contribution in [0.1, 0.15) is 40.4 Å². The third-order valence-corrected chi connectivity index (χ3v) is 6.26. The number of aromatic nitrogens is 4. The molecule has 7 heteroatoms. The Hall–Kier alpha value is -3.06. The van der Waals surface area contributed by atoms with E-state index in [1.54, 1.807) is 16.8 Å². The second-order valence-corrected chi connectivity index (χ2v) is 8.27. The highest BCUT2D eigenvalue weighted by molar-refractivity contribution is 7.16. The molecule has 1 aliphatic rings. The Balaban J connectivity index is 1.26. The third kappa shape index (κ3) is 3.78. The van der Waals surface area contributed by atoms with E-state index in [1.807, 2.05) is 36.4 Å². The molecule has 0 saturated heterocycles. The molecule has 0 radical (unpaired) electrons. The SMILES string of the molecule is O=C(NC1CCc2nnc(Cc3ccccc3)n2CC1)c1ccc2scnc2c1. The minimum atomic E-state index is -0.0351. The molecular weight excluding hydrogens is 382 g/mol. The smallest absolute Gasteiger partial charge is 0.251 e. The van der Waals surface area contributed by atoms with Gasteiger partial charge in [0.15, 0.2) is 0 Å². The van der Waals surface area contributed by atoms with Crippen LogP contribution in [0.3, 0.4) is 0 Å². The Morgan fingerprint density at radius 2 is 2.03 bits per heavy atom. The van der Waals surface area contributed by atoms with Crippen molar-refractivity contribution < 1.29 is 4.79 Å². The van der Waals surface area contributed by atoms with Crippen molar-refractivity contribution in [2.75, 3.05) is 0 Å². The van der Waals surface area contributed by atoms with Gasteiger partial charge in [0.1, 0.15) is 11.6 Å². The van der Waals surface area contributed by atoms with Crippen molar-refractivity contribution in [1.29, 1.82) is 0 Å². The summed E-state index contributed by atoms with van der Waals surface area (Å²) in [5, 5.41) is 12.0. The van der Waals surface area contributed by atoms with Crippen molar-refractivity contribution in [2.45, 2.75) is 38.3 Å². The highest BCUT2D eigenvalue weighted by Gasteiger charge is 2.22. The average Bonchev–Trinajstić information content (AvgIpc) is 3.31. The monoisotopic (exact) mass is 403 g/mol. The Bertz CT molecular complexity index is 1150. The van der Waals surface area contributed by atoms with Crippen LogP contribution in [-0.4, -0.2) is 31.7 Å². The summed E-state index contributed by atoms with van der Waals surface area (Å²) in [7, 11) is 0. The van der Waals surface area contributed by atoms with Crippen molar-refractivity contribution in [2.24, 2.45) is 0 Å². The normalized spacial score (nSPS) is 16.3. The standard InChI is InChI=1S/C22H21N5OS/c28-22(16-6-8-19-18(13-16)23-14-29-19)24-17-7-9-20-25-26-21(27(20)11-10-17)12-15-4-2-1-3-5-15/h1-6,8,13-14,17H,7,9-12H2,(H,24,28). The number of rotatable bonds is 4. The van der Waals surface area contributed by atoms with E-state index in [4.69, 9.17) is 0 Å². The lowest BCUT2D eigenvalue weighted by atomic mass is 10.1. The molecule has 2 aromatic heterocycles. The molecular formula is C22H21N5OS. The van der Waals surface area contributed by atoms with E-state index in [0.717, 1.165) is 54.1 Å². The molecule has 1 atom stereocenters. The second kappa shape index (κ2) is 7.75. The van der Waals surface area contributed by atoms with Gasteiger partial charge in [0.25, 0.3) is 5.91 Å². The van der Waals surface area contributed by atoms with Crippen LogP contribution in [0.4, 0.5) is 0 Å². The molecule has 3 heterocycles. The number of benzene rings is 2. The summed E-state index contributed by atoms with van der Waals surface area (Å²) >= 11 is 1.58. The number of nitrogens with one attached hydrogen (secondary N) is 1. The summed E-state index contributed by atoms with van der Waals surface area (Å²) in [6.07, 6.45) is 3.34. The van der Waals surface area contributed by atoms with Crippen LogP contribution in [0, 0.1) is 0 Å². The first-order chi connectivity index (χ1) is 14.3. The van der Waals surface area contributed by atoms with Crippen molar-refractivity contribution in [3.8, 4) is 0 Å². The topological polar surface area (TPSA) is 72.7 Å². The molecule has 0 saturated carbocycles. The number of aryl methyl sites for hydroxylation is 1. The quantitative estimate of drug-likeness (QED) is 0.565. The van der Waals surface area contributed by atoms with E-state index in [1.165, 1.54) is 5.56 Å². The fraction of sp³-hybridized carbons (Fsp3) is 0.273. The van der Waals surface area contributed by atoms with E-state index < -0.39 is 0 Å². The molecule has 1 amide bonds. The van der Waals surface area contributed by atoms with E-state index in [-0.39, 0.29) is 11.9 Å². The van der Waals surface area contributed by atoms with Gasteiger partial charge in [-0.25, -0.2) is 4.98 Å². The number of carbonyl (C=O) groups is 1. The zero-order valence-corrected chi connectivity index (χ0v) is 16.7. The van der Waals surface area contributed by atoms with Crippen LogP contribution in [0.2, 0.25) is 0 Å².